The van der Waals surface area contributed by atoms with Crippen molar-refractivity contribution in [1.82, 2.24) is 23.7 Å². The van der Waals surface area contributed by atoms with E-state index in [1.165, 1.54) is 0 Å². The van der Waals surface area contributed by atoms with Crippen LogP contribution in [0.4, 0.5) is 19.1 Å². The molecule has 2 N–H and O–H groups in total. The van der Waals surface area contributed by atoms with E-state index in [1.807, 2.05) is 17.4 Å². The fourth-order valence-corrected chi connectivity index (χ4v) is 5.12. The first-order valence-corrected chi connectivity index (χ1v) is 10.9. The molecule has 3 aromatic rings. The van der Waals surface area contributed by atoms with Crippen molar-refractivity contribution in [3.05, 3.63) is 24.7 Å². The maximum atomic E-state index is 12.5. The Kier molecular flexibility index (Phi) is 4.93. The molecule has 0 amide bonds. The highest BCUT2D eigenvalue weighted by Gasteiger charge is 2.36. The number of anilines is 1. The third-order valence-electron chi connectivity index (χ3n) is 5.33. The molecule has 1 fully saturated rings. The van der Waals surface area contributed by atoms with Gasteiger partial charge in [0.15, 0.2) is 5.65 Å². The number of aromatic amines is 1. The number of halogens is 3. The number of fused-ring (bicyclic) bond motifs is 3. The summed E-state index contributed by atoms with van der Waals surface area (Å²) in [7, 11) is -3.99. The van der Waals surface area contributed by atoms with Gasteiger partial charge < -0.3 is 10.3 Å². The van der Waals surface area contributed by atoms with Crippen LogP contribution in [0.3, 0.4) is 0 Å². The summed E-state index contributed by atoms with van der Waals surface area (Å²) < 4.78 is 65.3. The van der Waals surface area contributed by atoms with Crippen LogP contribution in [-0.4, -0.2) is 63.1 Å². The van der Waals surface area contributed by atoms with Gasteiger partial charge in [0.1, 0.15) is 0 Å². The number of nitrogens with one attached hydrogen (secondary N) is 2. The van der Waals surface area contributed by atoms with Crippen molar-refractivity contribution in [3.8, 4) is 0 Å². The maximum Gasteiger partial charge on any atom is 0.390 e. The summed E-state index contributed by atoms with van der Waals surface area (Å²) in [6.45, 7) is 2.30. The van der Waals surface area contributed by atoms with Crippen molar-refractivity contribution in [3.63, 3.8) is 0 Å². The van der Waals surface area contributed by atoms with Gasteiger partial charge in [0.25, 0.3) is 0 Å². The van der Waals surface area contributed by atoms with Gasteiger partial charge in [-0.05, 0) is 18.4 Å². The van der Waals surface area contributed by atoms with Crippen LogP contribution in [0, 0.1) is 5.92 Å². The largest absolute Gasteiger partial charge is 0.390 e. The molecule has 4 heterocycles. The number of hydrogen-bond acceptors (Lipinski definition) is 5. The number of hydrogen-bond donors (Lipinski definition) is 2. The molecule has 0 spiro atoms. The zero-order valence-corrected chi connectivity index (χ0v) is 16.5. The molecule has 4 rings (SSSR count). The molecule has 2 atom stereocenters. The first-order chi connectivity index (χ1) is 13.6. The third kappa shape index (κ3) is 4.04. The number of imidazole rings is 1. The Balaban J connectivity index is 1.56. The molecule has 158 valence electrons. The van der Waals surface area contributed by atoms with E-state index < -0.39 is 28.4 Å². The number of alkyl halides is 3. The summed E-state index contributed by atoms with van der Waals surface area (Å²) >= 11 is 0. The van der Waals surface area contributed by atoms with Gasteiger partial charge in [0.05, 0.1) is 35.6 Å². The first kappa shape index (κ1) is 20.0. The molecular formula is C17H21F3N6O2S. The van der Waals surface area contributed by atoms with Gasteiger partial charge in [-0.3, -0.25) is 4.40 Å². The normalized spacial score (nSPS) is 21.8. The molecule has 29 heavy (non-hydrogen) atoms. The van der Waals surface area contributed by atoms with Crippen molar-refractivity contribution < 1.29 is 21.6 Å². The number of rotatable bonds is 5. The molecule has 0 aromatic carbocycles. The number of nitrogens with zero attached hydrogens (tertiary/aromatic N) is 4. The first-order valence-electron chi connectivity index (χ1n) is 9.25. The van der Waals surface area contributed by atoms with Crippen molar-refractivity contribution in [1.29, 1.82) is 0 Å². The molecule has 0 unspecified atom stereocenters. The van der Waals surface area contributed by atoms with Gasteiger partial charge in [-0.25, -0.2) is 18.4 Å². The molecule has 12 heteroatoms. The fraction of sp³-hybridized carbons (Fsp3) is 0.529. The van der Waals surface area contributed by atoms with E-state index >= 15 is 0 Å². The second-order valence-corrected chi connectivity index (χ2v) is 9.46. The fourth-order valence-electron chi connectivity index (χ4n) is 3.60. The van der Waals surface area contributed by atoms with E-state index in [0.717, 1.165) is 15.3 Å². The lowest BCUT2D eigenvalue weighted by Crippen LogP contribution is -2.50. The lowest BCUT2D eigenvalue weighted by Gasteiger charge is -2.36. The minimum Gasteiger partial charge on any atom is -0.351 e. The molecule has 8 nitrogen and oxygen atoms in total. The lowest BCUT2D eigenvalue weighted by molar-refractivity contribution is -0.130. The number of piperidine rings is 1. The highest BCUT2D eigenvalue weighted by atomic mass is 32.2. The molecule has 0 aliphatic carbocycles. The van der Waals surface area contributed by atoms with Gasteiger partial charge >= 0.3 is 6.18 Å². The van der Waals surface area contributed by atoms with Gasteiger partial charge in [0.2, 0.25) is 16.0 Å². The van der Waals surface area contributed by atoms with Crippen LogP contribution in [0.5, 0.6) is 0 Å². The van der Waals surface area contributed by atoms with Crippen molar-refractivity contribution in [2.45, 2.75) is 32.0 Å². The Bertz CT molecular complexity index is 1120. The van der Waals surface area contributed by atoms with Gasteiger partial charge in [-0.1, -0.05) is 6.92 Å². The summed E-state index contributed by atoms with van der Waals surface area (Å²) in [6.07, 6.45) is -0.198. The summed E-state index contributed by atoms with van der Waals surface area (Å²) in [5.41, 5.74) is 2.28. The molecule has 1 saturated heterocycles. The predicted molar refractivity (Wildman–Crippen MR) is 102 cm³/mol. The molecule has 1 aliphatic heterocycles. The molecule has 0 bridgehead atoms. The van der Waals surface area contributed by atoms with E-state index in [2.05, 4.69) is 20.3 Å². The summed E-state index contributed by atoms with van der Waals surface area (Å²) in [6, 6.07) is 1.58. The second kappa shape index (κ2) is 7.17. The summed E-state index contributed by atoms with van der Waals surface area (Å²) in [4.78, 5) is 11.7. The zero-order valence-electron chi connectivity index (χ0n) is 15.6. The average molecular weight is 430 g/mol. The van der Waals surface area contributed by atoms with Crippen LogP contribution in [0.25, 0.3) is 16.7 Å². The summed E-state index contributed by atoms with van der Waals surface area (Å²) in [5.74, 6) is -0.266. The van der Waals surface area contributed by atoms with E-state index in [-0.39, 0.29) is 25.0 Å². The molecular weight excluding hydrogens is 409 g/mol. The van der Waals surface area contributed by atoms with Crippen molar-refractivity contribution in [2.24, 2.45) is 5.92 Å². The Morgan fingerprint density at radius 2 is 2.07 bits per heavy atom. The van der Waals surface area contributed by atoms with Crippen LogP contribution in [-0.2, 0) is 10.0 Å². The van der Waals surface area contributed by atoms with Gasteiger partial charge in [0, 0.05) is 25.3 Å². The quantitative estimate of drug-likeness (QED) is 0.649. The predicted octanol–water partition coefficient (Wildman–Crippen LogP) is 2.62. The van der Waals surface area contributed by atoms with Crippen LogP contribution >= 0.6 is 0 Å². The smallest absolute Gasteiger partial charge is 0.351 e. The Labute approximate surface area is 165 Å². The van der Waals surface area contributed by atoms with Crippen molar-refractivity contribution in [2.75, 3.05) is 24.2 Å². The Morgan fingerprint density at radius 1 is 1.31 bits per heavy atom. The molecule has 1 aliphatic rings. The highest BCUT2D eigenvalue weighted by molar-refractivity contribution is 7.89. The minimum atomic E-state index is -4.50. The van der Waals surface area contributed by atoms with E-state index in [0.29, 0.717) is 18.0 Å². The zero-order chi connectivity index (χ0) is 20.8. The Morgan fingerprint density at radius 3 is 2.83 bits per heavy atom. The number of H-pyrrole nitrogens is 1. The topological polar surface area (TPSA) is 95.4 Å². The van der Waals surface area contributed by atoms with Crippen LogP contribution in [0.1, 0.15) is 19.8 Å². The number of sulfonamides is 1. The lowest BCUT2D eigenvalue weighted by atomic mass is 9.95. The average Bonchev–Trinajstić information content (AvgIpc) is 3.27. The third-order valence-corrected chi connectivity index (χ3v) is 7.17. The minimum absolute atomic E-state index is 0.0949. The monoisotopic (exact) mass is 430 g/mol. The second-order valence-electron chi connectivity index (χ2n) is 7.37. The SMILES string of the molecule is C[C@H]1CCN(S(=O)(=O)CCC(F)(F)F)C[C@@H]1Nc1ncc2cnc3[nH]ccc3n12. The van der Waals surface area contributed by atoms with Crippen LogP contribution < -0.4 is 5.32 Å². The van der Waals surface area contributed by atoms with Crippen molar-refractivity contribution >= 4 is 32.7 Å². The molecule has 3 aromatic heterocycles. The highest BCUT2D eigenvalue weighted by Crippen LogP contribution is 2.27. The van der Waals surface area contributed by atoms with E-state index in [4.69, 9.17) is 0 Å². The van der Waals surface area contributed by atoms with Crippen LogP contribution in [0.15, 0.2) is 24.7 Å². The van der Waals surface area contributed by atoms with Gasteiger partial charge in [-0.2, -0.15) is 17.5 Å². The maximum absolute atomic E-state index is 12.5. The van der Waals surface area contributed by atoms with Gasteiger partial charge in [-0.15, -0.1) is 0 Å². The molecule has 0 saturated carbocycles. The molecule has 0 radical (unpaired) electrons. The number of aromatic nitrogens is 4. The summed E-state index contributed by atoms with van der Waals surface area (Å²) in [5, 5.41) is 3.29. The van der Waals surface area contributed by atoms with E-state index in [1.54, 1.807) is 18.6 Å². The standard InChI is InChI=1S/C17H21F3N6O2S/c1-11-3-6-25(29(27,28)7-4-17(18,19)20)10-13(11)24-16-23-9-12-8-22-15-14(26(12)16)2-5-21-15/h2,5,8-9,11,13,21H,3-4,6-7,10H2,1H3,(H,23,24)/t11-,13-/m0/s1. The van der Waals surface area contributed by atoms with Crippen LogP contribution in [0.2, 0.25) is 0 Å². The Hall–Kier alpha value is -2.34. The van der Waals surface area contributed by atoms with E-state index in [9.17, 15) is 21.6 Å².